The Bertz CT molecular complexity index is 879. The molecule has 30 heavy (non-hydrogen) atoms. The van der Waals surface area contributed by atoms with E-state index in [9.17, 15) is 9.59 Å². The van der Waals surface area contributed by atoms with Crippen molar-refractivity contribution in [2.24, 2.45) is 0 Å². The summed E-state index contributed by atoms with van der Waals surface area (Å²) in [5, 5.41) is 3.90. The predicted molar refractivity (Wildman–Crippen MR) is 119 cm³/mol. The highest BCUT2D eigenvalue weighted by molar-refractivity contribution is 6.34. The van der Waals surface area contributed by atoms with E-state index in [0.29, 0.717) is 48.5 Å². The summed E-state index contributed by atoms with van der Waals surface area (Å²) in [4.78, 5) is 28.6. The predicted octanol–water partition coefficient (Wildman–Crippen LogP) is 3.72. The average Bonchev–Trinajstić information content (AvgIpc) is 2.72. The molecule has 0 bridgehead atoms. The van der Waals surface area contributed by atoms with Gasteiger partial charge in [-0.1, -0.05) is 48.3 Å². The van der Waals surface area contributed by atoms with Crippen LogP contribution < -0.4 is 10.1 Å². The molecule has 6 nitrogen and oxygen atoms in total. The Kier molecular flexibility index (Phi) is 7.96. The van der Waals surface area contributed by atoms with Crippen LogP contribution in [0.25, 0.3) is 0 Å². The van der Waals surface area contributed by atoms with Crippen molar-refractivity contribution in [3.05, 3.63) is 58.1 Å². The number of nitrogens with one attached hydrogen (secondary N) is 1. The maximum absolute atomic E-state index is 12.4. The summed E-state index contributed by atoms with van der Waals surface area (Å²) in [6.45, 7) is 4.66. The van der Waals surface area contributed by atoms with Gasteiger partial charge in [0.15, 0.2) is 6.61 Å². The number of halogens is 2. The van der Waals surface area contributed by atoms with Crippen LogP contribution in [-0.4, -0.2) is 60.9 Å². The molecule has 0 saturated carbocycles. The van der Waals surface area contributed by atoms with Crippen LogP contribution in [0.3, 0.4) is 0 Å². The molecule has 1 N–H and O–H groups in total. The van der Waals surface area contributed by atoms with E-state index in [1.54, 1.807) is 23.1 Å². The molecule has 0 radical (unpaired) electrons. The number of hydrogen-bond acceptors (Lipinski definition) is 4. The Morgan fingerprint density at radius 2 is 1.70 bits per heavy atom. The fraction of sp³-hybridized carbons (Fsp3) is 0.364. The number of piperazine rings is 1. The number of para-hydroxylation sites is 1. The van der Waals surface area contributed by atoms with Gasteiger partial charge >= 0.3 is 0 Å². The largest absolute Gasteiger partial charge is 0.484 e. The van der Waals surface area contributed by atoms with E-state index < -0.39 is 0 Å². The number of rotatable bonds is 7. The third kappa shape index (κ3) is 6.36. The van der Waals surface area contributed by atoms with Crippen LogP contribution >= 0.6 is 23.2 Å². The van der Waals surface area contributed by atoms with Gasteiger partial charge < -0.3 is 15.0 Å². The first-order chi connectivity index (χ1) is 14.4. The van der Waals surface area contributed by atoms with Gasteiger partial charge in [0.2, 0.25) is 5.91 Å². The summed E-state index contributed by atoms with van der Waals surface area (Å²) in [7, 11) is 0. The second kappa shape index (κ2) is 10.7. The SMILES string of the molecule is CCc1ccccc1NC(=O)CN1CCN(C(=O)COc2cc(Cl)cc(Cl)c2)CC1. The van der Waals surface area contributed by atoms with Gasteiger partial charge in [-0.05, 0) is 36.2 Å². The zero-order chi connectivity index (χ0) is 21.5. The normalized spacial score (nSPS) is 14.4. The van der Waals surface area contributed by atoms with Gasteiger partial charge in [-0.25, -0.2) is 0 Å². The van der Waals surface area contributed by atoms with Gasteiger partial charge in [-0.15, -0.1) is 0 Å². The zero-order valence-electron chi connectivity index (χ0n) is 16.9. The van der Waals surface area contributed by atoms with Crippen LogP contribution in [0.4, 0.5) is 5.69 Å². The summed E-state index contributed by atoms with van der Waals surface area (Å²) in [5.41, 5.74) is 1.97. The molecular weight excluding hydrogens is 425 g/mol. The molecule has 8 heteroatoms. The third-order valence-corrected chi connectivity index (χ3v) is 5.40. The lowest BCUT2D eigenvalue weighted by molar-refractivity contribution is -0.135. The Morgan fingerprint density at radius 3 is 2.37 bits per heavy atom. The summed E-state index contributed by atoms with van der Waals surface area (Å²) in [5.74, 6) is 0.312. The van der Waals surface area contributed by atoms with E-state index in [2.05, 4.69) is 12.2 Å². The molecule has 160 valence electrons. The minimum Gasteiger partial charge on any atom is -0.484 e. The van der Waals surface area contributed by atoms with Gasteiger partial charge in [0.1, 0.15) is 5.75 Å². The smallest absolute Gasteiger partial charge is 0.260 e. The highest BCUT2D eigenvalue weighted by Crippen LogP contribution is 2.24. The summed E-state index contributed by atoms with van der Waals surface area (Å²) >= 11 is 11.9. The summed E-state index contributed by atoms with van der Waals surface area (Å²) in [6, 6.07) is 12.7. The molecule has 0 atom stereocenters. The van der Waals surface area contributed by atoms with Crippen LogP contribution in [-0.2, 0) is 16.0 Å². The minimum absolute atomic E-state index is 0.0446. The van der Waals surface area contributed by atoms with Crippen molar-refractivity contribution in [3.63, 3.8) is 0 Å². The topological polar surface area (TPSA) is 61.9 Å². The third-order valence-electron chi connectivity index (χ3n) is 4.96. The van der Waals surface area contributed by atoms with Crippen LogP contribution in [0, 0.1) is 0 Å². The number of carbonyl (C=O) groups excluding carboxylic acids is 2. The second-order valence-electron chi connectivity index (χ2n) is 7.11. The Morgan fingerprint density at radius 1 is 1.03 bits per heavy atom. The number of ether oxygens (including phenoxy) is 1. The van der Waals surface area contributed by atoms with Crippen molar-refractivity contribution >= 4 is 40.7 Å². The van der Waals surface area contributed by atoms with Crippen molar-refractivity contribution in [1.29, 1.82) is 0 Å². The minimum atomic E-state index is -0.105. The van der Waals surface area contributed by atoms with Crippen LogP contribution in [0.1, 0.15) is 12.5 Å². The van der Waals surface area contributed by atoms with E-state index in [1.165, 1.54) is 0 Å². The maximum atomic E-state index is 12.4. The lowest BCUT2D eigenvalue weighted by atomic mass is 10.1. The standard InChI is InChI=1S/C22H25Cl2N3O3/c1-2-16-5-3-4-6-20(16)25-21(28)14-26-7-9-27(10-8-26)22(29)15-30-19-12-17(23)11-18(24)13-19/h3-6,11-13H,2,7-10,14-15H2,1H3,(H,25,28). The first-order valence-electron chi connectivity index (χ1n) is 9.91. The monoisotopic (exact) mass is 449 g/mol. The van der Waals surface area contributed by atoms with Crippen molar-refractivity contribution in [1.82, 2.24) is 9.80 Å². The zero-order valence-corrected chi connectivity index (χ0v) is 18.4. The lowest BCUT2D eigenvalue weighted by Gasteiger charge is -2.34. The molecule has 2 aromatic carbocycles. The van der Waals surface area contributed by atoms with Gasteiger partial charge in [0.25, 0.3) is 5.91 Å². The van der Waals surface area contributed by atoms with Gasteiger partial charge in [-0.2, -0.15) is 0 Å². The Hall–Kier alpha value is -2.28. The van der Waals surface area contributed by atoms with Crippen LogP contribution in [0.5, 0.6) is 5.75 Å². The molecule has 3 rings (SSSR count). The Balaban J connectivity index is 1.42. The number of nitrogens with zero attached hydrogens (tertiary/aromatic N) is 2. The lowest BCUT2D eigenvalue weighted by Crippen LogP contribution is -2.51. The van der Waals surface area contributed by atoms with E-state index in [0.717, 1.165) is 17.7 Å². The molecule has 0 aliphatic carbocycles. The van der Waals surface area contributed by atoms with E-state index in [4.69, 9.17) is 27.9 Å². The maximum Gasteiger partial charge on any atom is 0.260 e. The van der Waals surface area contributed by atoms with E-state index in [1.807, 2.05) is 29.2 Å². The molecule has 2 amide bonds. The van der Waals surface area contributed by atoms with Gasteiger partial charge in [-0.3, -0.25) is 14.5 Å². The molecule has 0 aromatic heterocycles. The molecule has 1 heterocycles. The quantitative estimate of drug-likeness (QED) is 0.699. The van der Waals surface area contributed by atoms with Crippen molar-refractivity contribution in [2.45, 2.75) is 13.3 Å². The molecule has 1 fully saturated rings. The summed E-state index contributed by atoms with van der Waals surface area (Å²) in [6.07, 6.45) is 0.862. The summed E-state index contributed by atoms with van der Waals surface area (Å²) < 4.78 is 5.52. The molecule has 1 aliphatic rings. The van der Waals surface area contributed by atoms with Gasteiger partial charge in [0.05, 0.1) is 6.54 Å². The molecule has 0 spiro atoms. The molecular formula is C22H25Cl2N3O3. The van der Waals surface area contributed by atoms with E-state index >= 15 is 0 Å². The molecule has 2 aromatic rings. The first kappa shape index (κ1) is 22.4. The van der Waals surface area contributed by atoms with E-state index in [-0.39, 0.29) is 18.4 Å². The Labute approximate surface area is 186 Å². The number of aryl methyl sites for hydroxylation is 1. The number of carbonyl (C=O) groups is 2. The molecule has 0 unspecified atom stereocenters. The van der Waals surface area contributed by atoms with Crippen LogP contribution in [0.15, 0.2) is 42.5 Å². The average molecular weight is 450 g/mol. The first-order valence-corrected chi connectivity index (χ1v) is 10.7. The fourth-order valence-electron chi connectivity index (χ4n) is 3.35. The number of amides is 2. The van der Waals surface area contributed by atoms with Crippen LogP contribution in [0.2, 0.25) is 10.0 Å². The highest BCUT2D eigenvalue weighted by atomic mass is 35.5. The van der Waals surface area contributed by atoms with Gasteiger partial charge in [0, 0.05) is 41.9 Å². The fourth-order valence-corrected chi connectivity index (χ4v) is 3.85. The number of hydrogen-bond donors (Lipinski definition) is 1. The van der Waals surface area contributed by atoms with Crippen molar-refractivity contribution in [3.8, 4) is 5.75 Å². The number of benzene rings is 2. The number of anilines is 1. The van der Waals surface area contributed by atoms with Crippen molar-refractivity contribution in [2.75, 3.05) is 44.6 Å². The molecule has 1 saturated heterocycles. The highest BCUT2D eigenvalue weighted by Gasteiger charge is 2.23. The van der Waals surface area contributed by atoms with Crippen molar-refractivity contribution < 1.29 is 14.3 Å². The molecule has 1 aliphatic heterocycles. The second-order valence-corrected chi connectivity index (χ2v) is 7.98.